The van der Waals surface area contributed by atoms with E-state index in [4.69, 9.17) is 17.3 Å². The molecule has 2 aromatic heterocycles. The molecule has 0 saturated carbocycles. The molecule has 0 aliphatic carbocycles. The predicted octanol–water partition coefficient (Wildman–Crippen LogP) is 3.55. The summed E-state index contributed by atoms with van der Waals surface area (Å²) in [6.45, 7) is 3.05. The second kappa shape index (κ2) is 9.00. The average Bonchev–Trinajstić information content (AvgIpc) is 3.11. The van der Waals surface area contributed by atoms with Crippen LogP contribution in [-0.4, -0.2) is 32.8 Å². The van der Waals surface area contributed by atoms with Gasteiger partial charge >= 0.3 is 6.18 Å². The van der Waals surface area contributed by atoms with E-state index in [0.29, 0.717) is 16.0 Å². The first-order valence-corrected chi connectivity index (χ1v) is 10.8. The number of hydrazine groups is 1. The highest BCUT2D eigenvalue weighted by atomic mass is 32.1. The molecule has 0 radical (unpaired) electrons. The largest absolute Gasteiger partial charge is 0.422 e. The van der Waals surface area contributed by atoms with E-state index in [1.165, 1.54) is 18.3 Å². The van der Waals surface area contributed by atoms with Crippen molar-refractivity contribution in [3.05, 3.63) is 64.6 Å². The smallest absolute Gasteiger partial charge is 0.398 e. The summed E-state index contributed by atoms with van der Waals surface area (Å²) in [7, 11) is 0. The lowest BCUT2D eigenvalue weighted by Gasteiger charge is -2.30. The first-order chi connectivity index (χ1) is 15.4. The van der Waals surface area contributed by atoms with Gasteiger partial charge < -0.3 is 21.6 Å². The molecule has 7 N–H and O–H groups in total. The lowest BCUT2D eigenvalue weighted by molar-refractivity contribution is -0.245. The molecular formula is C22H24F3N5O2S. The number of fused-ring (bicyclic) bond motifs is 1. The van der Waals surface area contributed by atoms with Crippen molar-refractivity contribution in [3.63, 3.8) is 0 Å². The topological polar surface area (TPSA) is 131 Å². The van der Waals surface area contributed by atoms with Crippen molar-refractivity contribution in [2.75, 3.05) is 0 Å². The molecule has 0 aliphatic heterocycles. The van der Waals surface area contributed by atoms with Crippen LogP contribution < -0.4 is 17.3 Å². The van der Waals surface area contributed by atoms with E-state index in [-0.39, 0.29) is 6.54 Å². The van der Waals surface area contributed by atoms with E-state index in [2.05, 4.69) is 4.98 Å². The van der Waals surface area contributed by atoms with Crippen LogP contribution in [0.5, 0.6) is 0 Å². The summed E-state index contributed by atoms with van der Waals surface area (Å²) < 4.78 is 40.4. The molecule has 0 fully saturated rings. The molecule has 0 spiro atoms. The molecule has 3 aromatic rings. The summed E-state index contributed by atoms with van der Waals surface area (Å²) in [5, 5.41) is 11.7. The number of primary amides is 1. The van der Waals surface area contributed by atoms with Gasteiger partial charge in [-0.1, -0.05) is 25.1 Å². The molecule has 2 heterocycles. The molecule has 1 unspecified atom stereocenters. The molecule has 7 nitrogen and oxygen atoms in total. The summed E-state index contributed by atoms with van der Waals surface area (Å²) in [6, 6.07) is 9.00. The zero-order valence-corrected chi connectivity index (χ0v) is 18.8. The number of amides is 1. The fourth-order valence-corrected chi connectivity index (χ4v) is 4.57. The Morgan fingerprint density at radius 2 is 1.94 bits per heavy atom. The molecule has 0 bridgehead atoms. The molecule has 1 amide bonds. The average molecular weight is 480 g/mol. The van der Waals surface area contributed by atoms with Crippen LogP contribution in [0.4, 0.5) is 13.2 Å². The summed E-state index contributed by atoms with van der Waals surface area (Å²) in [6.07, 6.45) is -3.05. The number of benzene rings is 1. The first-order valence-electron chi connectivity index (χ1n) is 9.93. The van der Waals surface area contributed by atoms with E-state index in [1.54, 1.807) is 24.4 Å². The molecule has 1 atom stereocenters. The molecule has 11 heteroatoms. The van der Waals surface area contributed by atoms with Crippen molar-refractivity contribution >= 4 is 27.3 Å². The monoisotopic (exact) mass is 479 g/mol. The van der Waals surface area contributed by atoms with E-state index < -0.39 is 29.8 Å². The number of hydrogen-bond donors (Lipinski definition) is 4. The van der Waals surface area contributed by atoms with Crippen LogP contribution >= 0.6 is 11.3 Å². The van der Waals surface area contributed by atoms with Crippen molar-refractivity contribution in [2.45, 2.75) is 38.6 Å². The minimum absolute atomic E-state index is 0.0134. The quantitative estimate of drug-likeness (QED) is 0.303. The van der Waals surface area contributed by atoms with Gasteiger partial charge in [-0.05, 0) is 31.0 Å². The van der Waals surface area contributed by atoms with Crippen molar-refractivity contribution in [2.24, 2.45) is 17.3 Å². The Balaban J connectivity index is 1.95. The van der Waals surface area contributed by atoms with Gasteiger partial charge in [0.25, 0.3) is 5.91 Å². The van der Waals surface area contributed by atoms with Gasteiger partial charge in [-0.25, -0.2) is 5.84 Å². The van der Waals surface area contributed by atoms with E-state index in [9.17, 15) is 23.1 Å². The van der Waals surface area contributed by atoms with Crippen molar-refractivity contribution < 1.29 is 23.1 Å². The number of aliphatic hydroxyl groups is 1. The highest BCUT2D eigenvalue weighted by Gasteiger charge is 2.54. The van der Waals surface area contributed by atoms with Gasteiger partial charge in [0.15, 0.2) is 0 Å². The lowest BCUT2D eigenvalue weighted by atomic mass is 9.96. The minimum atomic E-state index is -4.94. The minimum Gasteiger partial charge on any atom is -0.398 e. The number of hydrogen-bond acceptors (Lipinski definition) is 7. The number of thiophene rings is 1. The number of halogens is 3. The third-order valence-corrected chi connectivity index (χ3v) is 6.47. The number of aryl methyl sites for hydroxylation is 1. The summed E-state index contributed by atoms with van der Waals surface area (Å²) in [5.74, 6) is 5.28. The molecular weight excluding hydrogens is 455 g/mol. The second-order valence-corrected chi connectivity index (χ2v) is 8.71. The maximum absolute atomic E-state index is 13.2. The molecule has 0 saturated heterocycles. The van der Waals surface area contributed by atoms with Gasteiger partial charge in [0.2, 0.25) is 5.60 Å². The van der Waals surface area contributed by atoms with Crippen molar-refractivity contribution in [1.29, 1.82) is 0 Å². The number of alkyl halides is 3. The number of nitrogens with two attached hydrogens (primary N) is 3. The van der Waals surface area contributed by atoms with Crippen LogP contribution in [0, 0.1) is 6.92 Å². The van der Waals surface area contributed by atoms with Gasteiger partial charge in [-0.2, -0.15) is 13.2 Å². The Bertz CT molecular complexity index is 1210. The molecule has 176 valence electrons. The zero-order valence-electron chi connectivity index (χ0n) is 18.0. The summed E-state index contributed by atoms with van der Waals surface area (Å²) in [4.78, 5) is 16.7. The third kappa shape index (κ3) is 4.80. The molecule has 33 heavy (non-hydrogen) atoms. The predicted molar refractivity (Wildman–Crippen MR) is 122 cm³/mol. The summed E-state index contributed by atoms with van der Waals surface area (Å²) >= 11 is 1.21. The third-order valence-electron chi connectivity index (χ3n) is 5.31. The molecule has 0 aliphatic rings. The fraction of sp³-hybridized carbons (Fsp3) is 0.273. The van der Waals surface area contributed by atoms with Crippen LogP contribution in [0.25, 0.3) is 21.2 Å². The maximum atomic E-state index is 13.2. The number of pyridine rings is 1. The Morgan fingerprint density at radius 1 is 1.24 bits per heavy atom. The van der Waals surface area contributed by atoms with Crippen LogP contribution in [-0.2, 0) is 6.54 Å². The highest BCUT2D eigenvalue weighted by molar-refractivity contribution is 7.21. The highest BCUT2D eigenvalue weighted by Crippen LogP contribution is 2.39. The Kier molecular flexibility index (Phi) is 6.68. The van der Waals surface area contributed by atoms with Crippen LogP contribution in [0.3, 0.4) is 0 Å². The van der Waals surface area contributed by atoms with Gasteiger partial charge in [0, 0.05) is 39.3 Å². The number of rotatable bonds is 7. The van der Waals surface area contributed by atoms with E-state index >= 15 is 0 Å². The van der Waals surface area contributed by atoms with E-state index in [0.717, 1.165) is 32.6 Å². The first kappa shape index (κ1) is 24.5. The second-order valence-electron chi connectivity index (χ2n) is 7.66. The van der Waals surface area contributed by atoms with Crippen molar-refractivity contribution in [1.82, 2.24) is 9.99 Å². The zero-order chi connectivity index (χ0) is 24.6. The molecule has 3 rings (SSSR count). The normalized spacial score (nSPS) is 14.3. The van der Waals surface area contributed by atoms with Gasteiger partial charge in [0.1, 0.15) is 4.88 Å². The van der Waals surface area contributed by atoms with Gasteiger partial charge in [-0.15, -0.1) is 11.3 Å². The summed E-state index contributed by atoms with van der Waals surface area (Å²) in [5.41, 5.74) is 10.1. The number of nitrogens with zero attached hydrogens (tertiary/aromatic N) is 2. The van der Waals surface area contributed by atoms with Crippen molar-refractivity contribution in [3.8, 4) is 11.1 Å². The van der Waals surface area contributed by atoms with Crippen LogP contribution in [0.15, 0.2) is 48.4 Å². The maximum Gasteiger partial charge on any atom is 0.422 e. The standard InChI is InChI=1S/C22H24F3N5O2S/c1-3-21(32,22(23,24)25)17(26)11-30(28)10-13-5-7-15-16(8-13)33-19(20(27)31)18(15)14-6-4-12(2)29-9-14/h4-9,11,32H,3,10,26,28H2,1-2H3,(H2,27,31)/b17-11-. The number of carbonyl (C=O) groups is 1. The Hall–Kier alpha value is -3.15. The van der Waals surface area contributed by atoms with Gasteiger partial charge in [0.05, 0.1) is 12.2 Å². The Labute approximate surface area is 192 Å². The van der Waals surface area contributed by atoms with Crippen LogP contribution in [0.1, 0.15) is 34.3 Å². The molecule has 1 aromatic carbocycles. The van der Waals surface area contributed by atoms with Crippen LogP contribution in [0.2, 0.25) is 0 Å². The van der Waals surface area contributed by atoms with E-state index in [1.807, 2.05) is 19.1 Å². The fourth-order valence-electron chi connectivity index (χ4n) is 3.43. The number of carbonyl (C=O) groups excluding carboxylic acids is 1. The SMILES string of the molecule is CCC(O)(/C(N)=C/N(N)Cc1ccc2c(-c3ccc(C)nc3)c(C(N)=O)sc2c1)C(F)(F)F. The van der Waals surface area contributed by atoms with Gasteiger partial charge in [-0.3, -0.25) is 9.78 Å². The number of aromatic nitrogens is 1. The Morgan fingerprint density at radius 3 is 2.48 bits per heavy atom. The lowest BCUT2D eigenvalue weighted by Crippen LogP contribution is -2.49.